The number of nitrogens with one attached hydrogen (secondary N) is 1. The fourth-order valence-electron chi connectivity index (χ4n) is 1.32. The van der Waals surface area contributed by atoms with Gasteiger partial charge in [-0.2, -0.15) is 0 Å². The smallest absolute Gasteiger partial charge is 0.311 e. The summed E-state index contributed by atoms with van der Waals surface area (Å²) < 4.78 is 1.19. The van der Waals surface area contributed by atoms with Crippen molar-refractivity contribution >= 4 is 0 Å². The first-order valence-electron chi connectivity index (χ1n) is 4.94. The van der Waals surface area contributed by atoms with Crippen molar-refractivity contribution in [3.05, 3.63) is 32.6 Å². The minimum absolute atomic E-state index is 0.216. The number of hydrogen-bond acceptors (Lipinski definition) is 2. The van der Waals surface area contributed by atoms with Gasteiger partial charge >= 0.3 is 5.69 Å². The second kappa shape index (κ2) is 4.26. The van der Waals surface area contributed by atoms with Crippen LogP contribution in [0.2, 0.25) is 0 Å². The maximum Gasteiger partial charge on any atom is 0.328 e. The van der Waals surface area contributed by atoms with Crippen molar-refractivity contribution in [1.29, 1.82) is 0 Å². The van der Waals surface area contributed by atoms with E-state index in [9.17, 15) is 9.59 Å². The van der Waals surface area contributed by atoms with Gasteiger partial charge in [0.2, 0.25) is 0 Å². The third kappa shape index (κ3) is 1.95. The molecule has 0 aliphatic heterocycles. The molecule has 78 valence electrons. The standard InChI is InChI=1S/C10H16N2O2/c1-4-7(3)8-6-9(13)12(5-2)10(14)11-8/h6-7H,4-5H2,1-3H3,(H,11,14). The largest absolute Gasteiger partial charge is 0.328 e. The Morgan fingerprint density at radius 3 is 2.50 bits per heavy atom. The van der Waals surface area contributed by atoms with Crippen LogP contribution >= 0.6 is 0 Å². The lowest BCUT2D eigenvalue weighted by Crippen LogP contribution is -2.35. The fraction of sp³-hybridized carbons (Fsp3) is 0.600. The SMILES string of the molecule is CCC(C)c1cc(=O)n(CC)c(=O)[nH]1. The summed E-state index contributed by atoms with van der Waals surface area (Å²) in [6.07, 6.45) is 0.908. The average molecular weight is 196 g/mol. The van der Waals surface area contributed by atoms with E-state index in [1.54, 1.807) is 6.92 Å². The van der Waals surface area contributed by atoms with Crippen molar-refractivity contribution in [3.63, 3.8) is 0 Å². The van der Waals surface area contributed by atoms with E-state index >= 15 is 0 Å². The van der Waals surface area contributed by atoms with Crippen molar-refractivity contribution in [3.8, 4) is 0 Å². The molecule has 1 aromatic rings. The molecule has 0 saturated carbocycles. The monoisotopic (exact) mass is 196 g/mol. The molecule has 4 nitrogen and oxygen atoms in total. The van der Waals surface area contributed by atoms with Crippen LogP contribution in [0.15, 0.2) is 15.7 Å². The van der Waals surface area contributed by atoms with Gasteiger partial charge in [-0.15, -0.1) is 0 Å². The Hall–Kier alpha value is -1.32. The van der Waals surface area contributed by atoms with E-state index in [0.717, 1.165) is 12.1 Å². The molecule has 1 heterocycles. The van der Waals surface area contributed by atoms with Gasteiger partial charge in [0.05, 0.1) is 0 Å². The molecule has 0 bridgehead atoms. The first-order chi connectivity index (χ1) is 6.60. The molecule has 0 aliphatic carbocycles. The minimum Gasteiger partial charge on any atom is -0.311 e. The van der Waals surface area contributed by atoms with Crippen LogP contribution < -0.4 is 11.2 Å². The molecule has 0 saturated heterocycles. The van der Waals surface area contributed by atoms with Crippen LogP contribution in [0.25, 0.3) is 0 Å². The molecule has 0 radical (unpaired) electrons. The van der Waals surface area contributed by atoms with E-state index in [1.165, 1.54) is 10.6 Å². The lowest BCUT2D eigenvalue weighted by molar-refractivity contribution is 0.633. The summed E-state index contributed by atoms with van der Waals surface area (Å²) in [6, 6.07) is 1.51. The number of aromatic nitrogens is 2. The topological polar surface area (TPSA) is 54.9 Å². The molecule has 0 aromatic carbocycles. The molecule has 0 spiro atoms. The summed E-state index contributed by atoms with van der Waals surface area (Å²) in [6.45, 7) is 6.20. The van der Waals surface area contributed by atoms with Gasteiger partial charge in [0, 0.05) is 18.3 Å². The van der Waals surface area contributed by atoms with Gasteiger partial charge < -0.3 is 4.98 Å². The van der Waals surface area contributed by atoms with E-state index in [0.29, 0.717) is 6.54 Å². The van der Waals surface area contributed by atoms with E-state index in [2.05, 4.69) is 4.98 Å². The van der Waals surface area contributed by atoms with Gasteiger partial charge in [-0.05, 0) is 19.3 Å². The van der Waals surface area contributed by atoms with E-state index in [4.69, 9.17) is 0 Å². The van der Waals surface area contributed by atoms with Crippen LogP contribution in [0.1, 0.15) is 38.8 Å². The van der Waals surface area contributed by atoms with Crippen LogP contribution in [0, 0.1) is 0 Å². The second-order valence-corrected chi connectivity index (χ2v) is 3.42. The molecule has 1 N–H and O–H groups in total. The fourth-order valence-corrected chi connectivity index (χ4v) is 1.32. The van der Waals surface area contributed by atoms with Gasteiger partial charge in [-0.1, -0.05) is 13.8 Å². The van der Waals surface area contributed by atoms with Crippen molar-refractivity contribution in [1.82, 2.24) is 9.55 Å². The van der Waals surface area contributed by atoms with Crippen LogP contribution in [0.4, 0.5) is 0 Å². The normalized spacial score (nSPS) is 12.8. The van der Waals surface area contributed by atoms with Gasteiger partial charge in [-0.25, -0.2) is 4.79 Å². The lowest BCUT2D eigenvalue weighted by Gasteiger charge is -2.09. The second-order valence-electron chi connectivity index (χ2n) is 3.42. The molecular formula is C10H16N2O2. The van der Waals surface area contributed by atoms with Crippen molar-refractivity contribution in [2.75, 3.05) is 0 Å². The van der Waals surface area contributed by atoms with Crippen LogP contribution in [0.3, 0.4) is 0 Å². The van der Waals surface area contributed by atoms with Gasteiger partial charge in [0.25, 0.3) is 5.56 Å². The van der Waals surface area contributed by atoms with Gasteiger partial charge in [-0.3, -0.25) is 9.36 Å². The highest BCUT2D eigenvalue weighted by atomic mass is 16.2. The summed E-state index contributed by atoms with van der Waals surface area (Å²) in [5.41, 5.74) is 0.203. The van der Waals surface area contributed by atoms with Crippen LogP contribution in [0.5, 0.6) is 0 Å². The molecular weight excluding hydrogens is 180 g/mol. The Bertz CT molecular complexity index is 386. The third-order valence-electron chi connectivity index (χ3n) is 2.50. The Morgan fingerprint density at radius 1 is 1.43 bits per heavy atom. The number of nitrogens with zero attached hydrogens (tertiary/aromatic N) is 1. The molecule has 1 rings (SSSR count). The van der Waals surface area contributed by atoms with E-state index < -0.39 is 0 Å². The van der Waals surface area contributed by atoms with Crippen molar-refractivity contribution < 1.29 is 0 Å². The quantitative estimate of drug-likeness (QED) is 0.786. The Labute approximate surface area is 82.6 Å². The first-order valence-corrected chi connectivity index (χ1v) is 4.94. The summed E-state index contributed by atoms with van der Waals surface area (Å²) in [5.74, 6) is 0.224. The zero-order valence-electron chi connectivity index (χ0n) is 8.83. The highest BCUT2D eigenvalue weighted by Crippen LogP contribution is 2.12. The molecule has 0 fully saturated rings. The first kappa shape index (κ1) is 10.8. The zero-order chi connectivity index (χ0) is 10.7. The molecule has 0 aliphatic rings. The number of aromatic amines is 1. The Morgan fingerprint density at radius 2 is 2.07 bits per heavy atom. The highest BCUT2D eigenvalue weighted by Gasteiger charge is 2.07. The number of H-pyrrole nitrogens is 1. The zero-order valence-corrected chi connectivity index (χ0v) is 8.83. The van der Waals surface area contributed by atoms with E-state index in [-0.39, 0.29) is 17.2 Å². The Balaban J connectivity index is 3.28. The number of rotatable bonds is 3. The van der Waals surface area contributed by atoms with Gasteiger partial charge in [0.15, 0.2) is 0 Å². The van der Waals surface area contributed by atoms with Crippen molar-refractivity contribution in [2.45, 2.75) is 39.7 Å². The van der Waals surface area contributed by atoms with Crippen LogP contribution in [-0.4, -0.2) is 9.55 Å². The summed E-state index contributed by atoms with van der Waals surface area (Å²) in [5, 5.41) is 0. The van der Waals surface area contributed by atoms with Crippen LogP contribution in [-0.2, 0) is 6.54 Å². The minimum atomic E-state index is -0.310. The summed E-state index contributed by atoms with van der Waals surface area (Å²) in [7, 11) is 0. The summed E-state index contributed by atoms with van der Waals surface area (Å²) in [4.78, 5) is 25.6. The predicted molar refractivity (Wildman–Crippen MR) is 55.7 cm³/mol. The molecule has 14 heavy (non-hydrogen) atoms. The maximum absolute atomic E-state index is 11.5. The number of hydrogen-bond donors (Lipinski definition) is 1. The van der Waals surface area contributed by atoms with E-state index in [1.807, 2.05) is 13.8 Å². The Kier molecular flexibility index (Phi) is 3.28. The lowest BCUT2D eigenvalue weighted by atomic mass is 10.1. The highest BCUT2D eigenvalue weighted by molar-refractivity contribution is 5.05. The maximum atomic E-state index is 11.5. The molecule has 1 atom stereocenters. The summed E-state index contributed by atoms with van der Waals surface area (Å²) >= 11 is 0. The predicted octanol–water partition coefficient (Wildman–Crippen LogP) is 1.07. The average Bonchev–Trinajstić information content (AvgIpc) is 2.16. The molecule has 1 aromatic heterocycles. The molecule has 0 amide bonds. The molecule has 1 unspecified atom stereocenters. The van der Waals surface area contributed by atoms with Crippen molar-refractivity contribution in [2.24, 2.45) is 0 Å². The third-order valence-corrected chi connectivity index (χ3v) is 2.50. The molecule has 4 heteroatoms. The van der Waals surface area contributed by atoms with Gasteiger partial charge in [0.1, 0.15) is 0 Å².